The molecule has 0 unspecified atom stereocenters. The molecule has 0 aliphatic heterocycles. The summed E-state index contributed by atoms with van der Waals surface area (Å²) in [5.74, 6) is 1.78. The number of rotatable bonds is 6. The van der Waals surface area contributed by atoms with Crippen LogP contribution in [0.2, 0.25) is 0 Å². The van der Waals surface area contributed by atoms with Crippen molar-refractivity contribution < 1.29 is 4.42 Å². The lowest BCUT2D eigenvalue weighted by Gasteiger charge is -2.11. The molecule has 0 aliphatic rings. The van der Waals surface area contributed by atoms with E-state index in [0.717, 1.165) is 88.4 Å². The van der Waals surface area contributed by atoms with Crippen LogP contribution in [-0.2, 0) is 0 Å². The second-order valence-electron chi connectivity index (χ2n) is 14.5. The monoisotopic (exact) mass is 730 g/mol. The molecule has 0 N–H and O–H groups in total. The molecule has 5 heteroatoms. The first-order valence-electron chi connectivity index (χ1n) is 19.2. The largest absolute Gasteiger partial charge is 0.456 e. The Morgan fingerprint density at radius 2 is 1.00 bits per heavy atom. The number of hydrogen-bond acceptors (Lipinski definition) is 4. The van der Waals surface area contributed by atoms with Gasteiger partial charge in [-0.15, -0.1) is 0 Å². The highest BCUT2D eigenvalue weighted by molar-refractivity contribution is 6.15. The van der Waals surface area contributed by atoms with Crippen molar-refractivity contribution in [1.82, 2.24) is 19.5 Å². The number of fused-ring (bicyclic) bond motifs is 6. The van der Waals surface area contributed by atoms with Crippen molar-refractivity contribution >= 4 is 43.7 Å². The Kier molecular flexibility index (Phi) is 7.64. The lowest BCUT2D eigenvalue weighted by atomic mass is 9.99. The highest BCUT2D eigenvalue weighted by Crippen LogP contribution is 2.40. The standard InChI is InChI=1S/C52H34N4O/c1-33-14-10-17-35(30-33)36-18-11-19-37(31-36)50-53-51(38-28-29-42-47(32-38)57-46-27-13-23-40(49(42)46)34-15-4-2-5-16-34)55-52(54-50)43-24-12-26-45-48(43)41-22-8-9-25-44(41)56(45)39-20-6-3-7-21-39/h2-32H,1H3. The Morgan fingerprint density at radius 3 is 1.82 bits per heavy atom. The van der Waals surface area contributed by atoms with Gasteiger partial charge in [-0.3, -0.25) is 0 Å². The molecule has 0 bridgehead atoms. The summed E-state index contributed by atoms with van der Waals surface area (Å²) in [6.45, 7) is 2.12. The molecule has 57 heavy (non-hydrogen) atoms. The average Bonchev–Trinajstić information content (AvgIpc) is 3.82. The maximum Gasteiger partial charge on any atom is 0.164 e. The van der Waals surface area contributed by atoms with Gasteiger partial charge in [0.25, 0.3) is 0 Å². The van der Waals surface area contributed by atoms with Gasteiger partial charge in [0.1, 0.15) is 11.2 Å². The van der Waals surface area contributed by atoms with Gasteiger partial charge in [-0.2, -0.15) is 0 Å². The van der Waals surface area contributed by atoms with E-state index in [2.05, 4.69) is 187 Å². The molecule has 8 aromatic carbocycles. The summed E-state index contributed by atoms with van der Waals surface area (Å²) in [6.07, 6.45) is 0. The van der Waals surface area contributed by atoms with Gasteiger partial charge in [-0.25, -0.2) is 15.0 Å². The third-order valence-corrected chi connectivity index (χ3v) is 10.9. The van der Waals surface area contributed by atoms with E-state index in [-0.39, 0.29) is 0 Å². The fourth-order valence-electron chi connectivity index (χ4n) is 8.30. The molecular weight excluding hydrogens is 697 g/mol. The highest BCUT2D eigenvalue weighted by atomic mass is 16.3. The summed E-state index contributed by atoms with van der Waals surface area (Å²) >= 11 is 0. The highest BCUT2D eigenvalue weighted by Gasteiger charge is 2.21. The Balaban J connectivity index is 1.14. The van der Waals surface area contributed by atoms with E-state index in [4.69, 9.17) is 19.4 Å². The molecular formula is C52H34N4O. The van der Waals surface area contributed by atoms with Crippen LogP contribution >= 0.6 is 0 Å². The summed E-state index contributed by atoms with van der Waals surface area (Å²) in [4.78, 5) is 15.8. The molecule has 11 aromatic rings. The molecule has 0 spiro atoms. The van der Waals surface area contributed by atoms with Crippen molar-refractivity contribution in [2.75, 3.05) is 0 Å². The van der Waals surface area contributed by atoms with Gasteiger partial charge in [0, 0.05) is 43.9 Å². The zero-order valence-electron chi connectivity index (χ0n) is 31.1. The SMILES string of the molecule is Cc1cccc(-c2cccc(-c3nc(-c4ccc5c(c4)oc4cccc(-c6ccccc6)c45)nc(-c4cccc5c4c4ccccc4n5-c4ccccc4)n3)c2)c1. The first-order chi connectivity index (χ1) is 28.2. The predicted octanol–water partition coefficient (Wildman–Crippen LogP) is 13.5. The lowest BCUT2D eigenvalue weighted by Crippen LogP contribution is -2.01. The summed E-state index contributed by atoms with van der Waals surface area (Å²) in [6, 6.07) is 65.5. The predicted molar refractivity (Wildman–Crippen MR) is 233 cm³/mol. The molecule has 0 atom stereocenters. The topological polar surface area (TPSA) is 56.7 Å². The molecule has 0 saturated heterocycles. The van der Waals surface area contributed by atoms with Crippen LogP contribution in [-0.4, -0.2) is 19.5 Å². The lowest BCUT2D eigenvalue weighted by molar-refractivity contribution is 0.669. The molecule has 5 nitrogen and oxygen atoms in total. The first-order valence-corrected chi connectivity index (χ1v) is 19.2. The number of nitrogens with zero attached hydrogens (tertiary/aromatic N) is 4. The van der Waals surface area contributed by atoms with Crippen LogP contribution in [0.5, 0.6) is 0 Å². The van der Waals surface area contributed by atoms with Gasteiger partial charge in [0.15, 0.2) is 17.5 Å². The van der Waals surface area contributed by atoms with E-state index in [1.54, 1.807) is 0 Å². The fourth-order valence-corrected chi connectivity index (χ4v) is 8.30. The Labute approximate surface area is 329 Å². The maximum atomic E-state index is 6.56. The van der Waals surface area contributed by atoms with Crippen molar-refractivity contribution in [3.63, 3.8) is 0 Å². The Hall–Kier alpha value is -7.63. The van der Waals surface area contributed by atoms with Crippen LogP contribution in [0.25, 0.3) is 106 Å². The second-order valence-corrected chi connectivity index (χ2v) is 14.5. The second kappa shape index (κ2) is 13.3. The van der Waals surface area contributed by atoms with Crippen molar-refractivity contribution in [3.8, 4) is 62.1 Å². The summed E-state index contributed by atoms with van der Waals surface area (Å²) in [7, 11) is 0. The minimum absolute atomic E-state index is 0.574. The summed E-state index contributed by atoms with van der Waals surface area (Å²) in [5, 5.41) is 4.37. The first kappa shape index (κ1) is 32.8. The van der Waals surface area contributed by atoms with Gasteiger partial charge < -0.3 is 8.98 Å². The van der Waals surface area contributed by atoms with E-state index in [1.165, 1.54) is 5.56 Å². The van der Waals surface area contributed by atoms with Gasteiger partial charge >= 0.3 is 0 Å². The van der Waals surface area contributed by atoms with Gasteiger partial charge in [-0.1, -0.05) is 145 Å². The maximum absolute atomic E-state index is 6.56. The Morgan fingerprint density at radius 1 is 0.386 bits per heavy atom. The quantitative estimate of drug-likeness (QED) is 0.171. The van der Waals surface area contributed by atoms with Crippen LogP contribution in [0.1, 0.15) is 5.56 Å². The van der Waals surface area contributed by atoms with Crippen molar-refractivity contribution in [3.05, 3.63) is 194 Å². The van der Waals surface area contributed by atoms with Crippen LogP contribution in [0.3, 0.4) is 0 Å². The fraction of sp³-hybridized carbons (Fsp3) is 0.0192. The zero-order valence-corrected chi connectivity index (χ0v) is 31.1. The van der Waals surface area contributed by atoms with E-state index in [1.807, 2.05) is 12.1 Å². The summed E-state index contributed by atoms with van der Waals surface area (Å²) < 4.78 is 8.88. The van der Waals surface area contributed by atoms with Crippen LogP contribution in [0.15, 0.2) is 192 Å². The number of aromatic nitrogens is 4. The van der Waals surface area contributed by atoms with E-state index >= 15 is 0 Å². The number of para-hydroxylation sites is 2. The van der Waals surface area contributed by atoms with Crippen molar-refractivity contribution in [2.45, 2.75) is 6.92 Å². The third kappa shape index (κ3) is 5.59. The van der Waals surface area contributed by atoms with Gasteiger partial charge in [0.05, 0.1) is 11.0 Å². The Bertz CT molecular complexity index is 3310. The smallest absolute Gasteiger partial charge is 0.164 e. The van der Waals surface area contributed by atoms with E-state index < -0.39 is 0 Å². The molecule has 268 valence electrons. The van der Waals surface area contributed by atoms with Gasteiger partial charge in [0.2, 0.25) is 0 Å². The van der Waals surface area contributed by atoms with E-state index in [9.17, 15) is 0 Å². The molecule has 0 radical (unpaired) electrons. The van der Waals surface area contributed by atoms with Crippen molar-refractivity contribution in [2.24, 2.45) is 0 Å². The zero-order chi connectivity index (χ0) is 37.9. The molecule has 3 heterocycles. The van der Waals surface area contributed by atoms with Crippen molar-refractivity contribution in [1.29, 1.82) is 0 Å². The molecule has 0 saturated carbocycles. The molecule has 0 amide bonds. The number of furan rings is 1. The molecule has 0 aliphatic carbocycles. The van der Waals surface area contributed by atoms with Crippen LogP contribution in [0.4, 0.5) is 0 Å². The number of aryl methyl sites for hydroxylation is 1. The van der Waals surface area contributed by atoms with Gasteiger partial charge in [-0.05, 0) is 77.7 Å². The minimum atomic E-state index is 0.574. The third-order valence-electron chi connectivity index (χ3n) is 10.9. The minimum Gasteiger partial charge on any atom is -0.456 e. The summed E-state index contributed by atoms with van der Waals surface area (Å²) in [5.41, 5.74) is 13.4. The van der Waals surface area contributed by atoms with Crippen LogP contribution in [0, 0.1) is 6.92 Å². The average molecular weight is 731 g/mol. The molecule has 0 fully saturated rings. The van der Waals surface area contributed by atoms with Crippen LogP contribution < -0.4 is 0 Å². The normalized spacial score (nSPS) is 11.6. The molecule has 3 aromatic heterocycles. The number of benzene rings is 8. The number of hydrogen-bond donors (Lipinski definition) is 0. The molecule has 11 rings (SSSR count). The van der Waals surface area contributed by atoms with E-state index in [0.29, 0.717) is 17.5 Å².